The fraction of sp³-hybridized carbons (Fsp3) is 0.684. The summed E-state index contributed by atoms with van der Waals surface area (Å²) in [5.74, 6) is 0.930. The van der Waals surface area contributed by atoms with Crippen LogP contribution in [0.15, 0.2) is 24.3 Å². The molecule has 1 atom stereocenters. The molecule has 2 aliphatic rings. The number of piperidine rings is 1. The Morgan fingerprint density at radius 2 is 1.82 bits per heavy atom. The molecule has 0 aromatic heterocycles. The number of piperazine rings is 1. The lowest BCUT2D eigenvalue weighted by atomic mass is 9.93. The molecule has 2 saturated heterocycles. The molecule has 0 radical (unpaired) electrons. The molecule has 1 aromatic rings. The number of benzene rings is 1. The Bertz CT molecular complexity index is 436. The monoisotopic (exact) mass is 301 g/mol. The first-order valence-corrected chi connectivity index (χ1v) is 9.11. The van der Waals surface area contributed by atoms with E-state index in [9.17, 15) is 0 Å². The number of hydrogen-bond acceptors (Lipinski definition) is 3. The third kappa shape index (κ3) is 4.09. The summed E-state index contributed by atoms with van der Waals surface area (Å²) in [6.45, 7) is 9.33. The van der Waals surface area contributed by atoms with Gasteiger partial charge in [0.2, 0.25) is 0 Å². The normalized spacial score (nSPS) is 24.5. The van der Waals surface area contributed by atoms with E-state index < -0.39 is 0 Å². The largest absolute Gasteiger partial charge is 0.317 e. The summed E-state index contributed by atoms with van der Waals surface area (Å²) in [5.41, 5.74) is 2.92. The SMILES string of the molecule is CCc1ccc(C2CNCCN2CCC2CCNCC2)cc1. The van der Waals surface area contributed by atoms with Gasteiger partial charge in [0.1, 0.15) is 0 Å². The summed E-state index contributed by atoms with van der Waals surface area (Å²) in [4.78, 5) is 2.71. The second-order valence-corrected chi connectivity index (χ2v) is 6.83. The van der Waals surface area contributed by atoms with Crippen LogP contribution in [0, 0.1) is 5.92 Å². The molecular weight excluding hydrogens is 270 g/mol. The van der Waals surface area contributed by atoms with E-state index >= 15 is 0 Å². The van der Waals surface area contributed by atoms with Crippen molar-refractivity contribution in [1.82, 2.24) is 15.5 Å². The summed E-state index contributed by atoms with van der Waals surface area (Å²) < 4.78 is 0. The second kappa shape index (κ2) is 8.09. The predicted octanol–water partition coefficient (Wildman–Crippen LogP) is 2.59. The third-order valence-corrected chi connectivity index (χ3v) is 5.41. The highest BCUT2D eigenvalue weighted by molar-refractivity contribution is 5.25. The molecule has 0 bridgehead atoms. The van der Waals surface area contributed by atoms with E-state index in [1.54, 1.807) is 0 Å². The molecule has 0 saturated carbocycles. The fourth-order valence-electron chi connectivity index (χ4n) is 3.84. The lowest BCUT2D eigenvalue weighted by Crippen LogP contribution is -2.46. The predicted molar refractivity (Wildman–Crippen MR) is 93.2 cm³/mol. The lowest BCUT2D eigenvalue weighted by Gasteiger charge is -2.37. The highest BCUT2D eigenvalue weighted by atomic mass is 15.2. The zero-order valence-corrected chi connectivity index (χ0v) is 14.0. The van der Waals surface area contributed by atoms with Crippen molar-refractivity contribution in [1.29, 1.82) is 0 Å². The standard InChI is InChI=1S/C19H31N3/c1-2-16-3-5-18(6-4-16)19-15-21-12-14-22(19)13-9-17-7-10-20-11-8-17/h3-6,17,19-21H,2,7-15H2,1H3. The maximum Gasteiger partial charge on any atom is 0.0473 e. The number of hydrogen-bond donors (Lipinski definition) is 2. The van der Waals surface area contributed by atoms with Crippen molar-refractivity contribution in [2.75, 3.05) is 39.3 Å². The minimum absolute atomic E-state index is 0.557. The summed E-state index contributed by atoms with van der Waals surface area (Å²) in [6.07, 6.45) is 5.22. The van der Waals surface area contributed by atoms with Crippen molar-refractivity contribution >= 4 is 0 Å². The average molecular weight is 301 g/mol. The van der Waals surface area contributed by atoms with E-state index in [1.807, 2.05) is 0 Å². The summed E-state index contributed by atoms with van der Waals surface area (Å²) in [7, 11) is 0. The van der Waals surface area contributed by atoms with Crippen molar-refractivity contribution in [3.63, 3.8) is 0 Å². The molecule has 3 rings (SSSR count). The second-order valence-electron chi connectivity index (χ2n) is 6.83. The number of aryl methyl sites for hydroxylation is 1. The molecule has 3 heteroatoms. The van der Waals surface area contributed by atoms with Crippen LogP contribution in [0.2, 0.25) is 0 Å². The van der Waals surface area contributed by atoms with Crippen LogP contribution in [0.3, 0.4) is 0 Å². The van der Waals surface area contributed by atoms with Gasteiger partial charge in [0.15, 0.2) is 0 Å². The fourth-order valence-corrected chi connectivity index (χ4v) is 3.84. The van der Waals surface area contributed by atoms with E-state index in [4.69, 9.17) is 0 Å². The summed E-state index contributed by atoms with van der Waals surface area (Å²) in [6, 6.07) is 9.84. The van der Waals surface area contributed by atoms with Gasteiger partial charge in [-0.05, 0) is 62.4 Å². The van der Waals surface area contributed by atoms with Crippen LogP contribution in [0.1, 0.15) is 43.4 Å². The first-order chi connectivity index (χ1) is 10.9. The van der Waals surface area contributed by atoms with Crippen LogP contribution in [-0.2, 0) is 6.42 Å². The molecule has 0 aliphatic carbocycles. The van der Waals surface area contributed by atoms with Gasteiger partial charge in [0.25, 0.3) is 0 Å². The Labute approximate surface area is 135 Å². The first-order valence-electron chi connectivity index (χ1n) is 9.11. The van der Waals surface area contributed by atoms with Gasteiger partial charge in [0, 0.05) is 25.7 Å². The highest BCUT2D eigenvalue weighted by Crippen LogP contribution is 2.25. The van der Waals surface area contributed by atoms with Crippen molar-refractivity contribution in [2.24, 2.45) is 5.92 Å². The van der Waals surface area contributed by atoms with Crippen molar-refractivity contribution in [3.8, 4) is 0 Å². The molecule has 1 unspecified atom stereocenters. The van der Waals surface area contributed by atoms with Crippen molar-refractivity contribution < 1.29 is 0 Å². The van der Waals surface area contributed by atoms with Gasteiger partial charge in [-0.15, -0.1) is 0 Å². The minimum Gasteiger partial charge on any atom is -0.317 e. The van der Waals surface area contributed by atoms with Crippen LogP contribution in [0.5, 0.6) is 0 Å². The summed E-state index contributed by atoms with van der Waals surface area (Å²) >= 11 is 0. The van der Waals surface area contributed by atoms with E-state index in [1.165, 1.54) is 56.6 Å². The van der Waals surface area contributed by atoms with Gasteiger partial charge in [-0.3, -0.25) is 4.90 Å². The molecule has 0 amide bonds. The molecule has 3 nitrogen and oxygen atoms in total. The topological polar surface area (TPSA) is 27.3 Å². The smallest absolute Gasteiger partial charge is 0.0473 e. The lowest BCUT2D eigenvalue weighted by molar-refractivity contribution is 0.146. The van der Waals surface area contributed by atoms with E-state index in [0.717, 1.165) is 25.4 Å². The molecule has 2 aliphatic heterocycles. The van der Waals surface area contributed by atoms with Gasteiger partial charge < -0.3 is 10.6 Å². The maximum atomic E-state index is 3.58. The molecule has 2 N–H and O–H groups in total. The molecule has 122 valence electrons. The minimum atomic E-state index is 0.557. The van der Waals surface area contributed by atoms with Crippen LogP contribution in [0.25, 0.3) is 0 Å². The Kier molecular flexibility index (Phi) is 5.88. The molecule has 0 spiro atoms. The van der Waals surface area contributed by atoms with Gasteiger partial charge in [-0.25, -0.2) is 0 Å². The average Bonchev–Trinajstić information content (AvgIpc) is 2.61. The van der Waals surface area contributed by atoms with Crippen molar-refractivity contribution in [2.45, 2.75) is 38.6 Å². The summed E-state index contributed by atoms with van der Waals surface area (Å²) in [5, 5.41) is 7.05. The molecule has 2 fully saturated rings. The highest BCUT2D eigenvalue weighted by Gasteiger charge is 2.24. The Balaban J connectivity index is 1.59. The van der Waals surface area contributed by atoms with E-state index in [-0.39, 0.29) is 0 Å². The Morgan fingerprint density at radius 3 is 2.55 bits per heavy atom. The van der Waals surface area contributed by atoms with Gasteiger partial charge in [-0.1, -0.05) is 31.2 Å². The first kappa shape index (κ1) is 16.0. The van der Waals surface area contributed by atoms with Gasteiger partial charge in [-0.2, -0.15) is 0 Å². The van der Waals surface area contributed by atoms with Gasteiger partial charge >= 0.3 is 0 Å². The van der Waals surface area contributed by atoms with Crippen LogP contribution in [-0.4, -0.2) is 44.2 Å². The van der Waals surface area contributed by atoms with Crippen LogP contribution < -0.4 is 10.6 Å². The Hall–Kier alpha value is -0.900. The maximum absolute atomic E-state index is 3.58. The molecular formula is C19H31N3. The number of nitrogens with zero attached hydrogens (tertiary/aromatic N) is 1. The zero-order valence-electron chi connectivity index (χ0n) is 14.0. The molecule has 1 aromatic carbocycles. The van der Waals surface area contributed by atoms with Crippen molar-refractivity contribution in [3.05, 3.63) is 35.4 Å². The number of nitrogens with one attached hydrogen (secondary N) is 2. The number of rotatable bonds is 5. The van der Waals surface area contributed by atoms with E-state index in [0.29, 0.717) is 6.04 Å². The van der Waals surface area contributed by atoms with Crippen LogP contribution in [0.4, 0.5) is 0 Å². The zero-order chi connectivity index (χ0) is 15.2. The van der Waals surface area contributed by atoms with Gasteiger partial charge in [0.05, 0.1) is 0 Å². The quantitative estimate of drug-likeness (QED) is 0.875. The molecule has 22 heavy (non-hydrogen) atoms. The van der Waals surface area contributed by atoms with Crippen LogP contribution >= 0.6 is 0 Å². The molecule has 2 heterocycles. The van der Waals surface area contributed by atoms with E-state index in [2.05, 4.69) is 46.7 Å². The Morgan fingerprint density at radius 1 is 1.05 bits per heavy atom. The third-order valence-electron chi connectivity index (χ3n) is 5.41.